The molecular formula is C37H23BN2O. The first-order chi connectivity index (χ1) is 20.3. The Morgan fingerprint density at radius 3 is 2.27 bits per heavy atom. The van der Waals surface area contributed by atoms with Gasteiger partial charge >= 0.3 is 6.85 Å². The summed E-state index contributed by atoms with van der Waals surface area (Å²) in [5.41, 5.74) is 14.6. The fourth-order valence-electron chi connectivity index (χ4n) is 7.76. The summed E-state index contributed by atoms with van der Waals surface area (Å²) in [6.45, 7) is 2.30. The molecule has 0 spiro atoms. The van der Waals surface area contributed by atoms with Crippen LogP contribution in [0, 0.1) is 6.92 Å². The third kappa shape index (κ3) is 2.56. The Kier molecular flexibility index (Phi) is 3.95. The molecule has 2 aliphatic heterocycles. The largest absolute Gasteiger partial charge is 0.456 e. The summed E-state index contributed by atoms with van der Waals surface area (Å²) in [7, 11) is 0. The molecule has 2 aromatic heterocycles. The number of aryl methyl sites for hydroxylation is 1. The van der Waals surface area contributed by atoms with E-state index < -0.39 is 0 Å². The average Bonchev–Trinajstić information content (AvgIpc) is 3.56. The Bertz CT molecular complexity index is 2400. The number of para-hydroxylation sites is 4. The highest BCUT2D eigenvalue weighted by Gasteiger charge is 2.44. The van der Waals surface area contributed by atoms with E-state index in [0.717, 1.165) is 16.9 Å². The molecule has 4 heteroatoms. The highest BCUT2D eigenvalue weighted by atomic mass is 16.3. The summed E-state index contributed by atoms with van der Waals surface area (Å²) in [6, 6.07) is 44.0. The minimum Gasteiger partial charge on any atom is -0.456 e. The maximum absolute atomic E-state index is 6.63. The van der Waals surface area contributed by atoms with Gasteiger partial charge in [0.15, 0.2) is 0 Å². The van der Waals surface area contributed by atoms with Crippen molar-refractivity contribution in [1.29, 1.82) is 0 Å². The molecule has 0 aliphatic carbocycles. The summed E-state index contributed by atoms with van der Waals surface area (Å²) < 4.78 is 9.24. The smallest absolute Gasteiger partial charge is 0.333 e. The molecule has 8 aromatic rings. The van der Waals surface area contributed by atoms with Gasteiger partial charge in [-0.05, 0) is 53.7 Å². The topological polar surface area (TPSA) is 21.3 Å². The van der Waals surface area contributed by atoms with Crippen LogP contribution < -0.4 is 15.8 Å². The molecule has 0 N–H and O–H groups in total. The number of rotatable bonds is 1. The zero-order valence-electron chi connectivity index (χ0n) is 22.4. The number of nitrogens with zero attached hydrogens (tertiary/aromatic N) is 2. The van der Waals surface area contributed by atoms with Gasteiger partial charge in [0.05, 0.1) is 0 Å². The quantitative estimate of drug-likeness (QED) is 0.202. The Morgan fingerprint density at radius 1 is 0.610 bits per heavy atom. The van der Waals surface area contributed by atoms with Gasteiger partial charge in [-0.3, -0.25) is 0 Å². The lowest BCUT2D eigenvalue weighted by Crippen LogP contribution is -2.57. The number of hydrogen-bond donors (Lipinski definition) is 0. The Labute approximate surface area is 237 Å². The molecule has 0 amide bonds. The lowest BCUT2D eigenvalue weighted by atomic mass is 9.44. The maximum Gasteiger partial charge on any atom is 0.333 e. The Balaban J connectivity index is 1.50. The highest BCUT2D eigenvalue weighted by molar-refractivity contribution is 6.90. The van der Waals surface area contributed by atoms with Crippen LogP contribution in [0.1, 0.15) is 5.56 Å². The van der Waals surface area contributed by atoms with Crippen LogP contribution in [0.4, 0.5) is 17.1 Å². The average molecular weight is 522 g/mol. The van der Waals surface area contributed by atoms with E-state index in [1.807, 2.05) is 0 Å². The molecule has 0 saturated heterocycles. The number of aromatic nitrogens is 1. The van der Waals surface area contributed by atoms with Gasteiger partial charge in [-0.2, -0.15) is 0 Å². The Morgan fingerprint density at radius 2 is 1.37 bits per heavy atom. The zero-order valence-corrected chi connectivity index (χ0v) is 22.4. The van der Waals surface area contributed by atoms with E-state index in [1.54, 1.807) is 0 Å². The summed E-state index contributed by atoms with van der Waals surface area (Å²) >= 11 is 0. The van der Waals surface area contributed by atoms with E-state index in [9.17, 15) is 0 Å². The van der Waals surface area contributed by atoms with Crippen LogP contribution in [-0.2, 0) is 0 Å². The van der Waals surface area contributed by atoms with Crippen LogP contribution in [0.5, 0.6) is 0 Å². The summed E-state index contributed by atoms with van der Waals surface area (Å²) in [6.07, 6.45) is 0. The van der Waals surface area contributed by atoms with Crippen molar-refractivity contribution >= 4 is 78.6 Å². The lowest BCUT2D eigenvalue weighted by Gasteiger charge is -2.41. The lowest BCUT2D eigenvalue weighted by molar-refractivity contribution is 0.669. The molecule has 0 radical (unpaired) electrons. The van der Waals surface area contributed by atoms with Gasteiger partial charge in [-0.15, -0.1) is 0 Å². The minimum absolute atomic E-state index is 0.0338. The second-order valence-electron chi connectivity index (χ2n) is 11.3. The van der Waals surface area contributed by atoms with E-state index in [4.69, 9.17) is 4.42 Å². The van der Waals surface area contributed by atoms with Gasteiger partial charge < -0.3 is 13.8 Å². The monoisotopic (exact) mass is 522 g/mol. The molecule has 10 rings (SSSR count). The van der Waals surface area contributed by atoms with Crippen molar-refractivity contribution < 1.29 is 4.42 Å². The van der Waals surface area contributed by atoms with E-state index in [-0.39, 0.29) is 6.85 Å². The number of anilines is 3. The van der Waals surface area contributed by atoms with E-state index in [1.165, 1.54) is 71.6 Å². The third-order valence-electron chi connectivity index (χ3n) is 9.29. The van der Waals surface area contributed by atoms with Crippen molar-refractivity contribution in [3.05, 3.63) is 127 Å². The molecule has 0 bridgehead atoms. The van der Waals surface area contributed by atoms with Crippen LogP contribution in [0.2, 0.25) is 0 Å². The summed E-state index contributed by atoms with van der Waals surface area (Å²) in [5, 5.41) is 4.98. The molecule has 0 fully saturated rings. The van der Waals surface area contributed by atoms with E-state index in [2.05, 4.69) is 138 Å². The molecule has 0 atom stereocenters. The van der Waals surface area contributed by atoms with Crippen molar-refractivity contribution in [3.63, 3.8) is 0 Å². The van der Waals surface area contributed by atoms with Gasteiger partial charge in [0.25, 0.3) is 0 Å². The van der Waals surface area contributed by atoms with Crippen molar-refractivity contribution in [3.8, 4) is 11.1 Å². The van der Waals surface area contributed by atoms with Gasteiger partial charge in [-0.1, -0.05) is 90.5 Å². The first-order valence-electron chi connectivity index (χ1n) is 14.2. The molecule has 0 unspecified atom stereocenters. The van der Waals surface area contributed by atoms with E-state index >= 15 is 0 Å². The molecule has 0 saturated carbocycles. The summed E-state index contributed by atoms with van der Waals surface area (Å²) in [5.74, 6) is 0. The second kappa shape index (κ2) is 7.49. The van der Waals surface area contributed by atoms with Crippen molar-refractivity contribution in [2.45, 2.75) is 6.92 Å². The first kappa shape index (κ1) is 21.6. The molecule has 3 nitrogen and oxygen atoms in total. The predicted octanol–water partition coefficient (Wildman–Crippen LogP) is 8.42. The van der Waals surface area contributed by atoms with Gasteiger partial charge in [0.1, 0.15) is 11.2 Å². The van der Waals surface area contributed by atoms with Crippen LogP contribution >= 0.6 is 0 Å². The standard InChI is InChI=1S/C37H23BN2O/c1-22-11-9-19-29-35(22)38-36-30(39(29)23-12-3-2-4-13-23)21-32-33(26-15-6-8-20-31(26)41-32)34(36)27-17-10-16-25-24-14-5-7-18-28(24)40(38)37(25)27/h2-21H,1H3. The zero-order chi connectivity index (χ0) is 26.8. The van der Waals surface area contributed by atoms with E-state index in [0.29, 0.717) is 0 Å². The van der Waals surface area contributed by atoms with Crippen molar-refractivity contribution in [1.82, 2.24) is 4.48 Å². The Hall–Kier alpha value is -5.22. The predicted molar refractivity (Wildman–Crippen MR) is 172 cm³/mol. The van der Waals surface area contributed by atoms with Crippen LogP contribution in [-0.4, -0.2) is 11.3 Å². The minimum atomic E-state index is 0.0338. The molecule has 190 valence electrons. The molecule has 41 heavy (non-hydrogen) atoms. The number of furan rings is 1. The molecule has 6 aromatic carbocycles. The number of benzene rings is 6. The first-order valence-corrected chi connectivity index (χ1v) is 14.2. The highest BCUT2D eigenvalue weighted by Crippen LogP contribution is 2.49. The SMILES string of the molecule is Cc1cccc2c1B1c3c(cc4oc5ccccc5c4c3-c3cccc4c5ccccc5n1c34)N2c1ccccc1. The fraction of sp³-hybridized carbons (Fsp3) is 0.0270. The molecular weight excluding hydrogens is 499 g/mol. The van der Waals surface area contributed by atoms with Crippen LogP contribution in [0.15, 0.2) is 126 Å². The van der Waals surface area contributed by atoms with Gasteiger partial charge in [-0.25, -0.2) is 0 Å². The maximum atomic E-state index is 6.63. The van der Waals surface area contributed by atoms with Crippen molar-refractivity contribution in [2.24, 2.45) is 0 Å². The third-order valence-corrected chi connectivity index (χ3v) is 9.29. The second-order valence-corrected chi connectivity index (χ2v) is 11.3. The number of fused-ring (bicyclic) bond motifs is 11. The summed E-state index contributed by atoms with van der Waals surface area (Å²) in [4.78, 5) is 2.45. The van der Waals surface area contributed by atoms with Gasteiger partial charge in [0, 0.05) is 61.3 Å². The molecule has 4 heterocycles. The fourth-order valence-corrected chi connectivity index (χ4v) is 7.76. The van der Waals surface area contributed by atoms with Gasteiger partial charge in [0.2, 0.25) is 0 Å². The van der Waals surface area contributed by atoms with Crippen LogP contribution in [0.3, 0.4) is 0 Å². The van der Waals surface area contributed by atoms with Crippen LogP contribution in [0.25, 0.3) is 54.9 Å². The number of hydrogen-bond acceptors (Lipinski definition) is 2. The normalized spacial score (nSPS) is 13.4. The molecule has 2 aliphatic rings. The van der Waals surface area contributed by atoms with Crippen molar-refractivity contribution in [2.75, 3.05) is 4.90 Å².